The Balaban J connectivity index is 1.68. The first-order valence-electron chi connectivity index (χ1n) is 6.40. The van der Waals surface area contributed by atoms with Crippen LogP contribution >= 0.6 is 0 Å². The van der Waals surface area contributed by atoms with Gasteiger partial charge in [-0.25, -0.2) is 0 Å². The van der Waals surface area contributed by atoms with Crippen LogP contribution in [0, 0.1) is 0 Å². The summed E-state index contributed by atoms with van der Waals surface area (Å²) in [6.07, 6.45) is 2.22. The van der Waals surface area contributed by atoms with Crippen LogP contribution in [0.2, 0.25) is 0 Å². The van der Waals surface area contributed by atoms with Crippen LogP contribution in [0.15, 0.2) is 54.6 Å². The lowest BCUT2D eigenvalue weighted by Gasteiger charge is -2.32. The Morgan fingerprint density at radius 3 is 2.06 bits per heavy atom. The van der Waals surface area contributed by atoms with Gasteiger partial charge in [0.25, 0.3) is 0 Å². The van der Waals surface area contributed by atoms with E-state index < -0.39 is 0 Å². The van der Waals surface area contributed by atoms with Crippen molar-refractivity contribution in [2.24, 2.45) is 5.73 Å². The molecule has 0 saturated heterocycles. The number of nitrogens with two attached hydrogens (primary N) is 1. The van der Waals surface area contributed by atoms with Gasteiger partial charge in [0.1, 0.15) is 11.5 Å². The SMILES string of the molecule is NC1CC(c2ccc(Oc3ccccc3)cc2)C1. The molecule has 0 radical (unpaired) electrons. The lowest BCUT2D eigenvalue weighted by Crippen LogP contribution is -2.34. The van der Waals surface area contributed by atoms with E-state index in [1.807, 2.05) is 42.5 Å². The van der Waals surface area contributed by atoms with Crippen molar-refractivity contribution in [3.8, 4) is 11.5 Å². The summed E-state index contributed by atoms with van der Waals surface area (Å²) in [5.74, 6) is 2.40. The first-order chi connectivity index (χ1) is 8.81. The highest BCUT2D eigenvalue weighted by Gasteiger charge is 2.26. The van der Waals surface area contributed by atoms with Crippen molar-refractivity contribution < 1.29 is 4.74 Å². The molecule has 2 aromatic carbocycles. The van der Waals surface area contributed by atoms with Crippen LogP contribution in [0.3, 0.4) is 0 Å². The van der Waals surface area contributed by atoms with Crippen LogP contribution in [0.25, 0.3) is 0 Å². The molecule has 0 spiro atoms. The van der Waals surface area contributed by atoms with Crippen LogP contribution in [0.5, 0.6) is 11.5 Å². The van der Waals surface area contributed by atoms with Gasteiger partial charge in [-0.1, -0.05) is 30.3 Å². The quantitative estimate of drug-likeness (QED) is 0.886. The molecule has 2 N–H and O–H groups in total. The van der Waals surface area contributed by atoms with Crippen LogP contribution in [-0.4, -0.2) is 6.04 Å². The van der Waals surface area contributed by atoms with Crippen molar-refractivity contribution in [3.63, 3.8) is 0 Å². The van der Waals surface area contributed by atoms with Gasteiger partial charge >= 0.3 is 0 Å². The normalized spacial score (nSPS) is 22.3. The minimum Gasteiger partial charge on any atom is -0.457 e. The Morgan fingerprint density at radius 1 is 0.833 bits per heavy atom. The molecule has 0 bridgehead atoms. The van der Waals surface area contributed by atoms with Crippen LogP contribution in [-0.2, 0) is 0 Å². The van der Waals surface area contributed by atoms with Crippen molar-refractivity contribution in [1.82, 2.24) is 0 Å². The molecule has 1 fully saturated rings. The maximum absolute atomic E-state index is 5.81. The zero-order valence-electron chi connectivity index (χ0n) is 10.3. The molecular weight excluding hydrogens is 222 g/mol. The van der Waals surface area contributed by atoms with Crippen LogP contribution in [0.1, 0.15) is 24.3 Å². The minimum absolute atomic E-state index is 0.398. The standard InChI is InChI=1S/C16H17NO/c17-14-10-13(11-14)12-6-8-16(9-7-12)18-15-4-2-1-3-5-15/h1-9,13-14H,10-11,17H2. The van der Waals surface area contributed by atoms with E-state index in [1.54, 1.807) is 0 Å². The molecule has 92 valence electrons. The molecule has 0 amide bonds. The van der Waals surface area contributed by atoms with E-state index in [-0.39, 0.29) is 0 Å². The van der Waals surface area contributed by atoms with Gasteiger partial charge in [0, 0.05) is 6.04 Å². The minimum atomic E-state index is 0.398. The zero-order chi connectivity index (χ0) is 12.4. The third kappa shape index (κ3) is 2.39. The zero-order valence-corrected chi connectivity index (χ0v) is 10.3. The fourth-order valence-electron chi connectivity index (χ4n) is 2.37. The summed E-state index contributed by atoms with van der Waals surface area (Å²) in [5, 5.41) is 0. The molecule has 18 heavy (non-hydrogen) atoms. The molecule has 0 heterocycles. The van der Waals surface area contributed by atoms with Crippen molar-refractivity contribution in [3.05, 3.63) is 60.2 Å². The molecule has 0 aliphatic heterocycles. The highest BCUT2D eigenvalue weighted by atomic mass is 16.5. The number of ether oxygens (including phenoxy) is 1. The van der Waals surface area contributed by atoms with E-state index >= 15 is 0 Å². The molecule has 0 atom stereocenters. The first-order valence-corrected chi connectivity index (χ1v) is 6.40. The van der Waals surface area contributed by atoms with Gasteiger partial charge in [0.05, 0.1) is 0 Å². The number of benzene rings is 2. The van der Waals surface area contributed by atoms with Gasteiger partial charge in [-0.05, 0) is 48.6 Å². The highest BCUT2D eigenvalue weighted by molar-refractivity contribution is 5.34. The second kappa shape index (κ2) is 4.83. The Morgan fingerprint density at radius 2 is 1.44 bits per heavy atom. The predicted molar refractivity (Wildman–Crippen MR) is 72.9 cm³/mol. The molecule has 2 nitrogen and oxygen atoms in total. The Hall–Kier alpha value is -1.80. The average molecular weight is 239 g/mol. The van der Waals surface area contributed by atoms with Crippen LogP contribution < -0.4 is 10.5 Å². The maximum Gasteiger partial charge on any atom is 0.127 e. The van der Waals surface area contributed by atoms with E-state index in [2.05, 4.69) is 12.1 Å². The summed E-state index contributed by atoms with van der Waals surface area (Å²) in [4.78, 5) is 0. The van der Waals surface area contributed by atoms with E-state index in [1.165, 1.54) is 5.56 Å². The molecule has 0 unspecified atom stereocenters. The molecular formula is C16H17NO. The lowest BCUT2D eigenvalue weighted by molar-refractivity contribution is 0.351. The molecule has 3 rings (SSSR count). The first kappa shape index (κ1) is 11.3. The van der Waals surface area contributed by atoms with Gasteiger partial charge in [0.2, 0.25) is 0 Å². The van der Waals surface area contributed by atoms with Gasteiger partial charge in [-0.3, -0.25) is 0 Å². The molecule has 2 aromatic rings. The molecule has 1 aliphatic rings. The number of para-hydroxylation sites is 1. The van der Waals surface area contributed by atoms with E-state index in [0.717, 1.165) is 24.3 Å². The summed E-state index contributed by atoms with van der Waals surface area (Å²) < 4.78 is 5.76. The van der Waals surface area contributed by atoms with Gasteiger partial charge < -0.3 is 10.5 Å². The highest BCUT2D eigenvalue weighted by Crippen LogP contribution is 2.36. The summed E-state index contributed by atoms with van der Waals surface area (Å²) in [6.45, 7) is 0. The van der Waals surface area contributed by atoms with Gasteiger partial charge in [-0.2, -0.15) is 0 Å². The average Bonchev–Trinajstić information content (AvgIpc) is 2.38. The number of hydrogen-bond donors (Lipinski definition) is 1. The predicted octanol–water partition coefficient (Wildman–Crippen LogP) is 3.68. The second-order valence-electron chi connectivity index (χ2n) is 4.91. The van der Waals surface area contributed by atoms with Crippen molar-refractivity contribution in [2.75, 3.05) is 0 Å². The van der Waals surface area contributed by atoms with E-state index in [9.17, 15) is 0 Å². The molecule has 2 heteroatoms. The fraction of sp³-hybridized carbons (Fsp3) is 0.250. The maximum atomic E-state index is 5.81. The largest absolute Gasteiger partial charge is 0.457 e. The second-order valence-corrected chi connectivity index (χ2v) is 4.91. The Labute approximate surface area is 107 Å². The summed E-state index contributed by atoms with van der Waals surface area (Å²) in [7, 11) is 0. The van der Waals surface area contributed by atoms with Crippen molar-refractivity contribution in [2.45, 2.75) is 24.8 Å². The Kier molecular flexibility index (Phi) is 3.03. The summed E-state index contributed by atoms with van der Waals surface area (Å²) in [6, 6.07) is 18.6. The Bertz CT molecular complexity index is 500. The topological polar surface area (TPSA) is 35.2 Å². The van der Waals surface area contributed by atoms with Crippen molar-refractivity contribution >= 4 is 0 Å². The molecule has 1 aliphatic carbocycles. The van der Waals surface area contributed by atoms with Crippen LogP contribution in [0.4, 0.5) is 0 Å². The smallest absolute Gasteiger partial charge is 0.127 e. The van der Waals surface area contributed by atoms with E-state index in [4.69, 9.17) is 10.5 Å². The molecule has 0 aromatic heterocycles. The third-order valence-electron chi connectivity index (χ3n) is 3.50. The number of hydrogen-bond acceptors (Lipinski definition) is 2. The van der Waals surface area contributed by atoms with Gasteiger partial charge in [0.15, 0.2) is 0 Å². The van der Waals surface area contributed by atoms with Gasteiger partial charge in [-0.15, -0.1) is 0 Å². The van der Waals surface area contributed by atoms with E-state index in [0.29, 0.717) is 12.0 Å². The summed E-state index contributed by atoms with van der Waals surface area (Å²) >= 11 is 0. The van der Waals surface area contributed by atoms with Crippen molar-refractivity contribution in [1.29, 1.82) is 0 Å². The monoisotopic (exact) mass is 239 g/mol. The fourth-order valence-corrected chi connectivity index (χ4v) is 2.37. The number of rotatable bonds is 3. The third-order valence-corrected chi connectivity index (χ3v) is 3.50. The lowest BCUT2D eigenvalue weighted by atomic mass is 9.76. The molecule has 1 saturated carbocycles. The summed E-state index contributed by atoms with van der Waals surface area (Å²) in [5.41, 5.74) is 7.19.